The maximum absolute atomic E-state index is 6.35. The van der Waals surface area contributed by atoms with Gasteiger partial charge < -0.3 is 10.5 Å². The van der Waals surface area contributed by atoms with Gasteiger partial charge in [0.2, 0.25) is 0 Å². The van der Waals surface area contributed by atoms with Crippen molar-refractivity contribution in [3.05, 3.63) is 53.9 Å². The molecule has 19 heavy (non-hydrogen) atoms. The number of aromatic nitrogens is 2. The molecule has 1 aromatic carbocycles. The van der Waals surface area contributed by atoms with Gasteiger partial charge in [-0.05, 0) is 19.4 Å². The van der Waals surface area contributed by atoms with E-state index in [9.17, 15) is 0 Å². The van der Waals surface area contributed by atoms with Gasteiger partial charge in [0.05, 0.1) is 12.2 Å². The summed E-state index contributed by atoms with van der Waals surface area (Å²) < 4.78 is 7.70. The van der Waals surface area contributed by atoms with Gasteiger partial charge in [0.15, 0.2) is 0 Å². The molecular weight excluding hydrogens is 238 g/mol. The van der Waals surface area contributed by atoms with Crippen LogP contribution < -0.4 is 5.73 Å². The first kappa shape index (κ1) is 13.8. The van der Waals surface area contributed by atoms with Crippen LogP contribution in [0.1, 0.15) is 37.1 Å². The highest BCUT2D eigenvalue weighted by Crippen LogP contribution is 2.29. The Hall–Kier alpha value is -1.65. The van der Waals surface area contributed by atoms with Crippen molar-refractivity contribution < 1.29 is 4.74 Å². The van der Waals surface area contributed by atoms with E-state index in [1.54, 1.807) is 0 Å². The Morgan fingerprint density at radius 1 is 1.21 bits per heavy atom. The maximum Gasteiger partial charge on any atom is 0.102 e. The molecule has 4 nitrogen and oxygen atoms in total. The van der Waals surface area contributed by atoms with Crippen molar-refractivity contribution in [3.63, 3.8) is 0 Å². The van der Waals surface area contributed by atoms with Crippen molar-refractivity contribution in [3.8, 4) is 0 Å². The summed E-state index contributed by atoms with van der Waals surface area (Å²) in [5, 5.41) is 4.27. The lowest BCUT2D eigenvalue weighted by Crippen LogP contribution is -2.22. The molecule has 2 unspecified atom stereocenters. The highest BCUT2D eigenvalue weighted by atomic mass is 16.5. The average molecular weight is 259 g/mol. The minimum absolute atomic E-state index is 0.138. The average Bonchev–Trinajstić information content (AvgIpc) is 2.94. The summed E-state index contributed by atoms with van der Waals surface area (Å²) in [6, 6.07) is 9.89. The largest absolute Gasteiger partial charge is 0.372 e. The number of hydrogen-bond acceptors (Lipinski definition) is 3. The third-order valence-electron chi connectivity index (χ3n) is 3.16. The molecule has 0 amide bonds. The summed E-state index contributed by atoms with van der Waals surface area (Å²) in [4.78, 5) is 0. The van der Waals surface area contributed by atoms with Gasteiger partial charge in [-0.25, -0.2) is 0 Å². The Balaban J connectivity index is 2.23. The zero-order valence-corrected chi connectivity index (χ0v) is 11.5. The molecule has 0 radical (unpaired) electrons. The minimum atomic E-state index is -0.206. The second kappa shape index (κ2) is 6.50. The van der Waals surface area contributed by atoms with Gasteiger partial charge in [0.25, 0.3) is 0 Å². The van der Waals surface area contributed by atoms with Gasteiger partial charge in [0, 0.05) is 24.9 Å². The quantitative estimate of drug-likeness (QED) is 0.867. The van der Waals surface area contributed by atoms with E-state index < -0.39 is 0 Å². The van der Waals surface area contributed by atoms with E-state index in [2.05, 4.69) is 12.0 Å². The van der Waals surface area contributed by atoms with Crippen LogP contribution in [0.3, 0.4) is 0 Å². The van der Waals surface area contributed by atoms with Gasteiger partial charge in [0.1, 0.15) is 6.10 Å². The molecule has 1 aromatic heterocycles. The van der Waals surface area contributed by atoms with Crippen LogP contribution in [0.15, 0.2) is 42.7 Å². The lowest BCUT2D eigenvalue weighted by Gasteiger charge is -2.23. The summed E-state index contributed by atoms with van der Waals surface area (Å²) in [6.45, 7) is 5.52. The number of nitrogens with two attached hydrogens (primary N) is 1. The fraction of sp³-hybridized carbons (Fsp3) is 0.400. The molecule has 4 heteroatoms. The number of nitrogens with zero attached hydrogens (tertiary/aromatic N) is 2. The van der Waals surface area contributed by atoms with Crippen molar-refractivity contribution in [2.24, 2.45) is 5.73 Å². The molecule has 2 rings (SSSR count). The first-order chi connectivity index (χ1) is 9.26. The molecule has 0 aliphatic carbocycles. The van der Waals surface area contributed by atoms with Gasteiger partial charge in [-0.1, -0.05) is 30.3 Å². The molecule has 1 heterocycles. The topological polar surface area (TPSA) is 53.1 Å². The number of rotatable bonds is 6. The SMILES string of the molecule is CCOC(c1ccccc1)C(N)c1cnn(CC)c1. The van der Waals surface area contributed by atoms with E-state index in [1.165, 1.54) is 0 Å². The van der Waals surface area contributed by atoms with Gasteiger partial charge >= 0.3 is 0 Å². The van der Waals surface area contributed by atoms with Crippen molar-refractivity contribution in [2.45, 2.75) is 32.5 Å². The number of hydrogen-bond donors (Lipinski definition) is 1. The Bertz CT molecular complexity index is 495. The standard InChI is InChI=1S/C15H21N3O/c1-3-18-11-13(10-17-18)14(16)15(19-4-2)12-8-6-5-7-9-12/h5-11,14-15H,3-4,16H2,1-2H3. The van der Waals surface area contributed by atoms with Crippen LogP contribution in [0.25, 0.3) is 0 Å². The molecular formula is C15H21N3O. The van der Waals surface area contributed by atoms with Crippen LogP contribution in [0.4, 0.5) is 0 Å². The highest BCUT2D eigenvalue weighted by Gasteiger charge is 2.22. The number of ether oxygens (including phenoxy) is 1. The van der Waals surface area contributed by atoms with Crippen LogP contribution in [0.5, 0.6) is 0 Å². The second-order valence-corrected chi connectivity index (χ2v) is 4.44. The minimum Gasteiger partial charge on any atom is -0.372 e. The summed E-state index contributed by atoms with van der Waals surface area (Å²) in [5.41, 5.74) is 8.45. The third-order valence-corrected chi connectivity index (χ3v) is 3.16. The van der Waals surface area contributed by atoms with Crippen LogP contribution in [-0.4, -0.2) is 16.4 Å². The van der Waals surface area contributed by atoms with E-state index in [-0.39, 0.29) is 12.1 Å². The summed E-state index contributed by atoms with van der Waals surface area (Å²) in [6.07, 6.45) is 3.67. The van der Waals surface area contributed by atoms with Crippen LogP contribution >= 0.6 is 0 Å². The van der Waals surface area contributed by atoms with Crippen molar-refractivity contribution in [1.82, 2.24) is 9.78 Å². The molecule has 0 fully saturated rings. The molecule has 102 valence electrons. The fourth-order valence-electron chi connectivity index (χ4n) is 2.13. The molecule has 0 bridgehead atoms. The molecule has 2 atom stereocenters. The summed E-state index contributed by atoms with van der Waals surface area (Å²) in [5.74, 6) is 0. The van der Waals surface area contributed by atoms with Crippen molar-refractivity contribution in [2.75, 3.05) is 6.61 Å². The smallest absolute Gasteiger partial charge is 0.102 e. The number of benzene rings is 1. The van der Waals surface area contributed by atoms with E-state index in [0.717, 1.165) is 17.7 Å². The Morgan fingerprint density at radius 2 is 1.95 bits per heavy atom. The first-order valence-electron chi connectivity index (χ1n) is 6.70. The summed E-state index contributed by atoms with van der Waals surface area (Å²) in [7, 11) is 0. The Kier molecular flexibility index (Phi) is 4.71. The van der Waals surface area contributed by atoms with Gasteiger partial charge in [-0.3, -0.25) is 4.68 Å². The Morgan fingerprint density at radius 3 is 2.53 bits per heavy atom. The Labute approximate surface area is 114 Å². The second-order valence-electron chi connectivity index (χ2n) is 4.44. The number of aryl methyl sites for hydroxylation is 1. The fourth-order valence-corrected chi connectivity index (χ4v) is 2.13. The lowest BCUT2D eigenvalue weighted by atomic mass is 9.98. The predicted octanol–water partition coefficient (Wildman–Crippen LogP) is 2.68. The van der Waals surface area contributed by atoms with E-state index in [4.69, 9.17) is 10.5 Å². The van der Waals surface area contributed by atoms with E-state index in [1.807, 2.05) is 54.3 Å². The van der Waals surface area contributed by atoms with E-state index in [0.29, 0.717) is 6.61 Å². The molecule has 2 N–H and O–H groups in total. The lowest BCUT2D eigenvalue weighted by molar-refractivity contribution is 0.0429. The molecule has 0 aliphatic rings. The van der Waals surface area contributed by atoms with Crippen LogP contribution in [0, 0.1) is 0 Å². The zero-order chi connectivity index (χ0) is 13.7. The predicted molar refractivity (Wildman–Crippen MR) is 75.6 cm³/mol. The highest BCUT2D eigenvalue weighted by molar-refractivity contribution is 5.23. The van der Waals surface area contributed by atoms with Crippen LogP contribution in [-0.2, 0) is 11.3 Å². The van der Waals surface area contributed by atoms with Crippen molar-refractivity contribution >= 4 is 0 Å². The molecule has 0 saturated carbocycles. The van der Waals surface area contributed by atoms with Crippen LogP contribution in [0.2, 0.25) is 0 Å². The normalized spacial score (nSPS) is 14.3. The molecule has 0 spiro atoms. The molecule has 0 saturated heterocycles. The summed E-state index contributed by atoms with van der Waals surface area (Å²) >= 11 is 0. The monoisotopic (exact) mass is 259 g/mol. The maximum atomic E-state index is 6.35. The van der Waals surface area contributed by atoms with E-state index >= 15 is 0 Å². The van der Waals surface area contributed by atoms with Gasteiger partial charge in [-0.15, -0.1) is 0 Å². The van der Waals surface area contributed by atoms with Crippen molar-refractivity contribution in [1.29, 1.82) is 0 Å². The zero-order valence-electron chi connectivity index (χ0n) is 11.5. The molecule has 0 aliphatic heterocycles. The van der Waals surface area contributed by atoms with Gasteiger partial charge in [-0.2, -0.15) is 5.10 Å². The third kappa shape index (κ3) is 3.22. The molecule has 2 aromatic rings. The first-order valence-corrected chi connectivity index (χ1v) is 6.70.